The topological polar surface area (TPSA) is 38.3 Å². The quantitative estimate of drug-likeness (QED) is 0.652. The molecule has 0 aliphatic heterocycles. The number of esters is 1. The molecule has 0 saturated carbocycles. The molecular formula is C12H12F3NO2. The van der Waals surface area contributed by atoms with Gasteiger partial charge >= 0.3 is 12.1 Å². The first-order chi connectivity index (χ1) is 8.43. The molecule has 0 saturated heterocycles. The van der Waals surface area contributed by atoms with E-state index in [1.165, 1.54) is 18.2 Å². The van der Waals surface area contributed by atoms with Gasteiger partial charge < -0.3 is 10.1 Å². The van der Waals surface area contributed by atoms with Crippen LogP contribution in [0.2, 0.25) is 0 Å². The molecule has 1 N–H and O–H groups in total. The number of rotatable bonds is 5. The van der Waals surface area contributed by atoms with Crippen LogP contribution in [-0.4, -0.2) is 19.1 Å². The zero-order chi connectivity index (χ0) is 13.6. The summed E-state index contributed by atoms with van der Waals surface area (Å²) in [6.45, 7) is 3.24. The summed E-state index contributed by atoms with van der Waals surface area (Å²) in [4.78, 5) is 11.1. The number of nitrogens with one attached hydrogen (secondary N) is 1. The van der Waals surface area contributed by atoms with Crippen LogP contribution in [0.25, 0.3) is 0 Å². The van der Waals surface area contributed by atoms with E-state index in [0.29, 0.717) is 0 Å². The molecule has 0 aliphatic rings. The van der Waals surface area contributed by atoms with Crippen molar-refractivity contribution in [2.24, 2.45) is 0 Å². The fourth-order valence-corrected chi connectivity index (χ4v) is 1.18. The van der Waals surface area contributed by atoms with Gasteiger partial charge in [-0.15, -0.1) is 0 Å². The van der Waals surface area contributed by atoms with Gasteiger partial charge in [-0.05, 0) is 18.2 Å². The summed E-state index contributed by atoms with van der Waals surface area (Å²) in [5.74, 6) is -0.563. The van der Waals surface area contributed by atoms with E-state index in [9.17, 15) is 18.0 Å². The molecule has 1 aromatic carbocycles. The first-order valence-corrected chi connectivity index (χ1v) is 5.11. The number of halogens is 3. The third-order valence-corrected chi connectivity index (χ3v) is 1.99. The average Bonchev–Trinajstić information content (AvgIpc) is 2.33. The minimum Gasteiger partial charge on any atom is -0.460 e. The number of alkyl halides is 3. The highest BCUT2D eigenvalue weighted by molar-refractivity contribution is 5.75. The van der Waals surface area contributed by atoms with Crippen LogP contribution in [0.1, 0.15) is 5.56 Å². The number of hydrogen-bond donors (Lipinski definition) is 1. The van der Waals surface area contributed by atoms with Crippen LogP contribution in [0.5, 0.6) is 0 Å². The number of benzene rings is 1. The highest BCUT2D eigenvalue weighted by atomic mass is 19.4. The van der Waals surface area contributed by atoms with Gasteiger partial charge in [0.15, 0.2) is 0 Å². The second kappa shape index (κ2) is 6.09. The molecule has 0 aliphatic carbocycles. The van der Waals surface area contributed by atoms with Crippen molar-refractivity contribution in [1.82, 2.24) is 0 Å². The Morgan fingerprint density at radius 1 is 1.44 bits per heavy atom. The highest BCUT2D eigenvalue weighted by Gasteiger charge is 2.30. The van der Waals surface area contributed by atoms with E-state index < -0.39 is 17.7 Å². The number of carbonyl (C=O) groups excluding carboxylic acids is 1. The molecule has 1 aromatic rings. The lowest BCUT2D eigenvalue weighted by Crippen LogP contribution is -2.17. The largest absolute Gasteiger partial charge is 0.460 e. The summed E-state index contributed by atoms with van der Waals surface area (Å²) in [7, 11) is 0. The monoisotopic (exact) mass is 259 g/mol. The predicted octanol–water partition coefficient (Wildman–Crippen LogP) is 2.85. The van der Waals surface area contributed by atoms with Gasteiger partial charge in [-0.2, -0.15) is 13.2 Å². The number of hydrogen-bond acceptors (Lipinski definition) is 3. The van der Waals surface area contributed by atoms with Crippen molar-refractivity contribution in [2.45, 2.75) is 6.18 Å². The van der Waals surface area contributed by atoms with Crippen LogP contribution in [0.3, 0.4) is 0 Å². The first-order valence-electron chi connectivity index (χ1n) is 5.11. The normalized spacial score (nSPS) is 10.8. The van der Waals surface area contributed by atoms with Crippen LogP contribution in [0.4, 0.5) is 18.9 Å². The van der Waals surface area contributed by atoms with E-state index in [4.69, 9.17) is 0 Å². The van der Waals surface area contributed by atoms with Gasteiger partial charge in [0, 0.05) is 5.69 Å². The van der Waals surface area contributed by atoms with Gasteiger partial charge in [0.25, 0.3) is 0 Å². The molecule has 0 unspecified atom stereocenters. The second-order valence-corrected chi connectivity index (χ2v) is 3.40. The maximum Gasteiger partial charge on any atom is 0.416 e. The smallest absolute Gasteiger partial charge is 0.416 e. The van der Waals surface area contributed by atoms with Crippen molar-refractivity contribution < 1.29 is 22.7 Å². The average molecular weight is 259 g/mol. The SMILES string of the molecule is C=CCOC(=O)CNc1cccc(C(F)(F)F)c1. The van der Waals surface area contributed by atoms with Gasteiger partial charge in [-0.1, -0.05) is 18.7 Å². The van der Waals surface area contributed by atoms with Crippen LogP contribution >= 0.6 is 0 Å². The number of ether oxygens (including phenoxy) is 1. The molecule has 6 heteroatoms. The van der Waals surface area contributed by atoms with Crippen LogP contribution in [0.15, 0.2) is 36.9 Å². The molecular weight excluding hydrogens is 247 g/mol. The summed E-state index contributed by atoms with van der Waals surface area (Å²) in [5, 5.41) is 2.56. The van der Waals surface area contributed by atoms with Crippen molar-refractivity contribution in [3.8, 4) is 0 Å². The highest BCUT2D eigenvalue weighted by Crippen LogP contribution is 2.30. The zero-order valence-electron chi connectivity index (χ0n) is 9.46. The molecule has 0 aromatic heterocycles. The lowest BCUT2D eigenvalue weighted by atomic mass is 10.2. The lowest BCUT2D eigenvalue weighted by Gasteiger charge is -2.10. The van der Waals surface area contributed by atoms with Crippen molar-refractivity contribution in [1.29, 1.82) is 0 Å². The Morgan fingerprint density at radius 2 is 2.17 bits per heavy atom. The molecule has 3 nitrogen and oxygen atoms in total. The molecule has 18 heavy (non-hydrogen) atoms. The van der Waals surface area contributed by atoms with E-state index >= 15 is 0 Å². The summed E-state index contributed by atoms with van der Waals surface area (Å²) in [5.41, 5.74) is -0.563. The minimum atomic E-state index is -4.40. The standard InChI is InChI=1S/C12H12F3NO2/c1-2-6-18-11(17)8-16-10-5-3-4-9(7-10)12(13,14)15/h2-5,7,16H,1,6,8H2. The maximum absolute atomic E-state index is 12.4. The molecule has 0 bridgehead atoms. The number of anilines is 1. The van der Waals surface area contributed by atoms with Crippen molar-refractivity contribution in [3.05, 3.63) is 42.5 Å². The Hall–Kier alpha value is -1.98. The first kappa shape index (κ1) is 14.1. The summed E-state index contributed by atoms with van der Waals surface area (Å²) in [6.07, 6.45) is -3.00. The molecule has 0 amide bonds. The minimum absolute atomic E-state index is 0.0725. The van der Waals surface area contributed by atoms with Crippen molar-refractivity contribution in [2.75, 3.05) is 18.5 Å². The molecule has 0 atom stereocenters. The third kappa shape index (κ3) is 4.48. The lowest BCUT2D eigenvalue weighted by molar-refractivity contribution is -0.140. The van der Waals surface area contributed by atoms with Crippen molar-refractivity contribution in [3.63, 3.8) is 0 Å². The Labute approximate surface area is 102 Å². The van der Waals surface area contributed by atoms with E-state index in [-0.39, 0.29) is 18.8 Å². The molecule has 0 fully saturated rings. The zero-order valence-corrected chi connectivity index (χ0v) is 9.46. The van der Waals surface area contributed by atoms with E-state index in [2.05, 4.69) is 16.6 Å². The Bertz CT molecular complexity index is 430. The fourth-order valence-electron chi connectivity index (χ4n) is 1.18. The molecule has 98 valence electrons. The van der Waals surface area contributed by atoms with E-state index in [0.717, 1.165) is 12.1 Å². The maximum atomic E-state index is 12.4. The fraction of sp³-hybridized carbons (Fsp3) is 0.250. The molecule has 0 heterocycles. The van der Waals surface area contributed by atoms with Gasteiger partial charge in [-0.25, -0.2) is 0 Å². The number of carbonyl (C=O) groups is 1. The van der Waals surface area contributed by atoms with E-state index in [1.807, 2.05) is 0 Å². The Kier molecular flexibility index (Phi) is 4.76. The third-order valence-electron chi connectivity index (χ3n) is 1.99. The van der Waals surface area contributed by atoms with Crippen LogP contribution < -0.4 is 5.32 Å². The van der Waals surface area contributed by atoms with Crippen LogP contribution in [-0.2, 0) is 15.7 Å². The van der Waals surface area contributed by atoms with Crippen molar-refractivity contribution >= 4 is 11.7 Å². The predicted molar refractivity (Wildman–Crippen MR) is 61.1 cm³/mol. The van der Waals surface area contributed by atoms with E-state index in [1.54, 1.807) is 0 Å². The Balaban J connectivity index is 2.58. The van der Waals surface area contributed by atoms with Gasteiger partial charge in [-0.3, -0.25) is 4.79 Å². The summed E-state index contributed by atoms with van der Waals surface area (Å²) >= 11 is 0. The van der Waals surface area contributed by atoms with Crippen LogP contribution in [0, 0.1) is 0 Å². The van der Waals surface area contributed by atoms with Gasteiger partial charge in [0.2, 0.25) is 0 Å². The molecule has 0 radical (unpaired) electrons. The van der Waals surface area contributed by atoms with Gasteiger partial charge in [0.1, 0.15) is 13.2 Å². The van der Waals surface area contributed by atoms with Gasteiger partial charge in [0.05, 0.1) is 5.56 Å². The Morgan fingerprint density at radius 3 is 2.78 bits per heavy atom. The summed E-state index contributed by atoms with van der Waals surface area (Å²) < 4.78 is 41.9. The molecule has 1 rings (SSSR count). The molecule has 0 spiro atoms. The second-order valence-electron chi connectivity index (χ2n) is 3.40. The summed E-state index contributed by atoms with van der Waals surface area (Å²) in [6, 6.07) is 4.60.